The average molecular weight is 517 g/mol. The molecule has 1 aliphatic heterocycles. The second-order valence-corrected chi connectivity index (χ2v) is 10.2. The number of hydrogen-bond donors (Lipinski definition) is 2. The molecular formula is C33H32N4O2. The Kier molecular flexibility index (Phi) is 6.86. The van der Waals surface area contributed by atoms with Gasteiger partial charge < -0.3 is 15.0 Å². The number of aromatic amines is 1. The van der Waals surface area contributed by atoms with E-state index in [0.717, 1.165) is 65.0 Å². The highest BCUT2D eigenvalue weighted by molar-refractivity contribution is 5.89. The highest BCUT2D eigenvalue weighted by Crippen LogP contribution is 2.38. The first-order valence-electron chi connectivity index (χ1n) is 13.5. The zero-order valence-electron chi connectivity index (χ0n) is 22.0. The van der Waals surface area contributed by atoms with Crippen molar-refractivity contribution in [2.75, 3.05) is 26.2 Å². The Hall–Kier alpha value is -4.42. The number of pyridine rings is 1. The minimum atomic E-state index is 0.160. The SMILES string of the molecule is CC(c1ccccc1)N1CCN(C(=O)Cc2ccc(-c3cccc(-c4cc5cnccc5[nH]4)c3O)cc2)CC1. The number of aromatic hydroxyl groups is 1. The van der Waals surface area contributed by atoms with Gasteiger partial charge in [0.25, 0.3) is 0 Å². The molecule has 1 saturated heterocycles. The first-order chi connectivity index (χ1) is 19.1. The van der Waals surface area contributed by atoms with Crippen LogP contribution < -0.4 is 0 Å². The van der Waals surface area contributed by atoms with Gasteiger partial charge in [-0.1, -0.05) is 66.7 Å². The van der Waals surface area contributed by atoms with Gasteiger partial charge in [0.15, 0.2) is 0 Å². The predicted molar refractivity (Wildman–Crippen MR) is 155 cm³/mol. The number of carbonyl (C=O) groups is 1. The summed E-state index contributed by atoms with van der Waals surface area (Å²) in [7, 11) is 0. The van der Waals surface area contributed by atoms with Crippen LogP contribution in [0.1, 0.15) is 24.1 Å². The Labute approximate surface area is 228 Å². The van der Waals surface area contributed by atoms with Crippen molar-refractivity contribution < 1.29 is 9.90 Å². The summed E-state index contributed by atoms with van der Waals surface area (Å²) in [4.78, 5) is 25.0. The smallest absolute Gasteiger partial charge is 0.227 e. The number of para-hydroxylation sites is 1. The summed E-state index contributed by atoms with van der Waals surface area (Å²) in [5.74, 6) is 0.386. The Morgan fingerprint density at radius 1 is 0.923 bits per heavy atom. The molecule has 6 rings (SSSR count). The molecule has 196 valence electrons. The number of amides is 1. The summed E-state index contributed by atoms with van der Waals surface area (Å²) in [5.41, 5.74) is 6.51. The van der Waals surface area contributed by atoms with Gasteiger partial charge in [0.2, 0.25) is 5.91 Å². The molecule has 0 spiro atoms. The molecule has 2 aromatic heterocycles. The average Bonchev–Trinajstić information content (AvgIpc) is 3.42. The summed E-state index contributed by atoms with van der Waals surface area (Å²) < 4.78 is 0. The van der Waals surface area contributed by atoms with E-state index in [1.165, 1.54) is 5.56 Å². The second kappa shape index (κ2) is 10.8. The summed E-state index contributed by atoms with van der Waals surface area (Å²) >= 11 is 0. The fourth-order valence-electron chi connectivity index (χ4n) is 5.50. The second-order valence-electron chi connectivity index (χ2n) is 10.2. The van der Waals surface area contributed by atoms with Crippen molar-refractivity contribution in [1.82, 2.24) is 19.8 Å². The lowest BCUT2D eigenvalue weighted by atomic mass is 9.98. The third-order valence-electron chi connectivity index (χ3n) is 7.86. The van der Waals surface area contributed by atoms with E-state index in [1.807, 2.05) is 65.6 Å². The summed E-state index contributed by atoms with van der Waals surface area (Å²) in [5, 5.41) is 12.1. The van der Waals surface area contributed by atoms with Crippen LogP contribution in [0.4, 0.5) is 0 Å². The van der Waals surface area contributed by atoms with Gasteiger partial charge in [-0.3, -0.25) is 14.7 Å². The third-order valence-corrected chi connectivity index (χ3v) is 7.86. The van der Waals surface area contributed by atoms with Gasteiger partial charge in [-0.15, -0.1) is 0 Å². The lowest BCUT2D eigenvalue weighted by Crippen LogP contribution is -2.49. The molecule has 1 amide bonds. The van der Waals surface area contributed by atoms with Gasteiger partial charge in [0, 0.05) is 66.6 Å². The highest BCUT2D eigenvalue weighted by atomic mass is 16.3. The molecule has 1 aliphatic rings. The number of aromatic nitrogens is 2. The maximum absolute atomic E-state index is 13.1. The maximum atomic E-state index is 13.1. The van der Waals surface area contributed by atoms with Crippen molar-refractivity contribution in [1.29, 1.82) is 0 Å². The number of carbonyl (C=O) groups excluding carboxylic acids is 1. The number of hydrogen-bond acceptors (Lipinski definition) is 4. The Bertz CT molecular complexity index is 1550. The van der Waals surface area contributed by atoms with Crippen molar-refractivity contribution in [2.45, 2.75) is 19.4 Å². The zero-order chi connectivity index (χ0) is 26.8. The first kappa shape index (κ1) is 24.9. The molecule has 0 aliphatic carbocycles. The van der Waals surface area contributed by atoms with E-state index < -0.39 is 0 Å². The quantitative estimate of drug-likeness (QED) is 0.288. The molecule has 3 aromatic carbocycles. The number of fused-ring (bicyclic) bond motifs is 1. The van der Waals surface area contributed by atoms with Crippen LogP contribution in [0.2, 0.25) is 0 Å². The van der Waals surface area contributed by atoms with Gasteiger partial charge in [0.1, 0.15) is 5.75 Å². The zero-order valence-corrected chi connectivity index (χ0v) is 22.0. The number of rotatable bonds is 6. The van der Waals surface area contributed by atoms with Gasteiger partial charge in [-0.05, 0) is 41.8 Å². The van der Waals surface area contributed by atoms with Crippen molar-refractivity contribution in [3.05, 3.63) is 108 Å². The molecule has 1 atom stereocenters. The molecule has 0 radical (unpaired) electrons. The van der Waals surface area contributed by atoms with Gasteiger partial charge in [-0.25, -0.2) is 0 Å². The van der Waals surface area contributed by atoms with Crippen LogP contribution in [0.5, 0.6) is 5.75 Å². The number of piperazine rings is 1. The van der Waals surface area contributed by atoms with Crippen molar-refractivity contribution >= 4 is 16.8 Å². The van der Waals surface area contributed by atoms with Crippen molar-refractivity contribution in [3.8, 4) is 28.1 Å². The van der Waals surface area contributed by atoms with Crippen LogP contribution in [-0.4, -0.2) is 57.0 Å². The largest absolute Gasteiger partial charge is 0.507 e. The summed E-state index contributed by atoms with van der Waals surface area (Å²) in [6, 6.07) is 28.5. The molecule has 1 fully saturated rings. The van der Waals surface area contributed by atoms with Crippen LogP contribution in [0.25, 0.3) is 33.3 Å². The van der Waals surface area contributed by atoms with Crippen LogP contribution in [0.3, 0.4) is 0 Å². The molecule has 6 heteroatoms. The van der Waals surface area contributed by atoms with E-state index in [2.05, 4.69) is 46.1 Å². The molecule has 2 N–H and O–H groups in total. The van der Waals surface area contributed by atoms with E-state index in [1.54, 1.807) is 12.4 Å². The van der Waals surface area contributed by atoms with E-state index in [4.69, 9.17) is 0 Å². The number of nitrogens with one attached hydrogen (secondary N) is 1. The van der Waals surface area contributed by atoms with Crippen molar-refractivity contribution in [3.63, 3.8) is 0 Å². The number of H-pyrrole nitrogens is 1. The highest BCUT2D eigenvalue weighted by Gasteiger charge is 2.24. The Balaban J connectivity index is 1.10. The van der Waals surface area contributed by atoms with E-state index in [9.17, 15) is 9.90 Å². The number of benzene rings is 3. The minimum Gasteiger partial charge on any atom is -0.507 e. The van der Waals surface area contributed by atoms with Crippen LogP contribution in [-0.2, 0) is 11.2 Å². The van der Waals surface area contributed by atoms with Crippen molar-refractivity contribution in [2.24, 2.45) is 0 Å². The van der Waals surface area contributed by atoms with Crippen LogP contribution in [0, 0.1) is 0 Å². The topological polar surface area (TPSA) is 72.5 Å². The molecule has 6 nitrogen and oxygen atoms in total. The van der Waals surface area contributed by atoms with E-state index >= 15 is 0 Å². The number of phenolic OH excluding ortho intramolecular Hbond substituents is 1. The Morgan fingerprint density at radius 3 is 2.41 bits per heavy atom. The molecule has 3 heterocycles. The standard InChI is InChI=1S/C33H32N4O2/c1-23(25-6-3-2-4-7-25)36-16-18-37(19-17-36)32(38)20-24-10-12-26(13-11-24)28-8-5-9-29(33(28)39)31-21-27-22-34-15-14-30(27)35-31/h2-15,21-23,35,39H,16-20H2,1H3. The number of phenols is 1. The molecule has 5 aromatic rings. The van der Waals surface area contributed by atoms with E-state index in [-0.39, 0.29) is 11.7 Å². The fourth-order valence-corrected chi connectivity index (χ4v) is 5.50. The van der Waals surface area contributed by atoms with Gasteiger partial charge in [0.05, 0.1) is 12.1 Å². The summed E-state index contributed by atoms with van der Waals surface area (Å²) in [6.45, 7) is 5.49. The molecule has 0 bridgehead atoms. The monoisotopic (exact) mass is 516 g/mol. The van der Waals surface area contributed by atoms with Crippen LogP contribution in [0.15, 0.2) is 97.3 Å². The number of nitrogens with zero attached hydrogens (tertiary/aromatic N) is 3. The molecule has 0 saturated carbocycles. The first-order valence-corrected chi connectivity index (χ1v) is 13.5. The van der Waals surface area contributed by atoms with Gasteiger partial charge >= 0.3 is 0 Å². The normalized spacial score (nSPS) is 14.9. The predicted octanol–water partition coefficient (Wildman–Crippen LogP) is 6.05. The molecular weight excluding hydrogens is 484 g/mol. The van der Waals surface area contributed by atoms with Gasteiger partial charge in [-0.2, -0.15) is 0 Å². The molecule has 39 heavy (non-hydrogen) atoms. The molecule has 1 unspecified atom stereocenters. The Morgan fingerprint density at radius 2 is 1.67 bits per heavy atom. The fraction of sp³-hybridized carbons (Fsp3) is 0.212. The van der Waals surface area contributed by atoms with Crippen LogP contribution >= 0.6 is 0 Å². The lowest BCUT2D eigenvalue weighted by molar-refractivity contribution is -0.132. The minimum absolute atomic E-state index is 0.160. The third kappa shape index (κ3) is 5.16. The maximum Gasteiger partial charge on any atom is 0.227 e. The summed E-state index contributed by atoms with van der Waals surface area (Å²) in [6.07, 6.45) is 3.93. The lowest BCUT2D eigenvalue weighted by Gasteiger charge is -2.38. The van der Waals surface area contributed by atoms with E-state index in [0.29, 0.717) is 12.5 Å².